The largest absolute Gasteiger partial charge is 0.390 e. The van der Waals surface area contributed by atoms with Gasteiger partial charge in [0.1, 0.15) is 0 Å². The standard InChI is InChI=1S/C16H22N2O2/c19-14-10-11-6-3-4-7-12(11)15(14)18-16(20)13-8-2-1-5-9-17-13/h3-4,6-7,13-15,17,19H,1-2,5,8-10H2,(H,18,20)/t13?,14-,15+/m1/s1. The van der Waals surface area contributed by atoms with Crippen LogP contribution in [-0.2, 0) is 11.2 Å². The molecule has 1 aromatic rings. The molecule has 0 aromatic heterocycles. The van der Waals surface area contributed by atoms with Gasteiger partial charge in [-0.3, -0.25) is 4.79 Å². The van der Waals surface area contributed by atoms with Gasteiger partial charge in [-0.1, -0.05) is 37.1 Å². The summed E-state index contributed by atoms with van der Waals surface area (Å²) in [4.78, 5) is 12.4. The maximum Gasteiger partial charge on any atom is 0.237 e. The molecule has 1 aromatic carbocycles. The molecule has 3 N–H and O–H groups in total. The normalized spacial score (nSPS) is 29.6. The van der Waals surface area contributed by atoms with Crippen LogP contribution in [-0.4, -0.2) is 29.7 Å². The predicted octanol–water partition coefficient (Wildman–Crippen LogP) is 1.29. The summed E-state index contributed by atoms with van der Waals surface area (Å²) >= 11 is 0. The highest BCUT2D eigenvalue weighted by molar-refractivity contribution is 5.82. The highest BCUT2D eigenvalue weighted by Gasteiger charge is 2.33. The first-order valence-electron chi connectivity index (χ1n) is 7.55. The number of rotatable bonds is 2. The van der Waals surface area contributed by atoms with E-state index in [0.29, 0.717) is 6.42 Å². The smallest absolute Gasteiger partial charge is 0.237 e. The summed E-state index contributed by atoms with van der Waals surface area (Å²) in [6.07, 6.45) is 4.41. The van der Waals surface area contributed by atoms with Gasteiger partial charge in [0.15, 0.2) is 0 Å². The Hall–Kier alpha value is -1.39. The molecular formula is C16H22N2O2. The lowest BCUT2D eigenvalue weighted by Gasteiger charge is -2.22. The van der Waals surface area contributed by atoms with Gasteiger partial charge < -0.3 is 15.7 Å². The van der Waals surface area contributed by atoms with Gasteiger partial charge in [-0.25, -0.2) is 0 Å². The summed E-state index contributed by atoms with van der Waals surface area (Å²) < 4.78 is 0. The number of amides is 1. The highest BCUT2D eigenvalue weighted by Crippen LogP contribution is 2.31. The first-order chi connectivity index (χ1) is 9.75. The number of aliphatic hydroxyl groups excluding tert-OH is 1. The maximum absolute atomic E-state index is 12.4. The Morgan fingerprint density at radius 1 is 1.25 bits per heavy atom. The fraction of sp³-hybridized carbons (Fsp3) is 0.562. The summed E-state index contributed by atoms with van der Waals surface area (Å²) in [6, 6.07) is 7.58. The molecule has 3 rings (SSSR count). The molecule has 1 aliphatic heterocycles. The molecule has 0 spiro atoms. The van der Waals surface area contributed by atoms with E-state index in [2.05, 4.69) is 10.6 Å². The van der Waals surface area contributed by atoms with Gasteiger partial charge in [-0.15, -0.1) is 0 Å². The molecule has 1 amide bonds. The average molecular weight is 274 g/mol. The molecule has 0 saturated carbocycles. The third-order valence-corrected chi connectivity index (χ3v) is 4.38. The van der Waals surface area contributed by atoms with Crippen LogP contribution in [0.25, 0.3) is 0 Å². The van der Waals surface area contributed by atoms with E-state index in [4.69, 9.17) is 0 Å². The van der Waals surface area contributed by atoms with E-state index in [1.165, 1.54) is 6.42 Å². The predicted molar refractivity (Wildman–Crippen MR) is 77.3 cm³/mol. The van der Waals surface area contributed by atoms with Gasteiger partial charge in [0.05, 0.1) is 18.2 Å². The van der Waals surface area contributed by atoms with Crippen molar-refractivity contribution < 1.29 is 9.90 Å². The van der Waals surface area contributed by atoms with Crippen LogP contribution in [0.15, 0.2) is 24.3 Å². The summed E-state index contributed by atoms with van der Waals surface area (Å²) in [7, 11) is 0. The minimum absolute atomic E-state index is 0.0210. The lowest BCUT2D eigenvalue weighted by molar-refractivity contribution is -0.124. The van der Waals surface area contributed by atoms with E-state index in [0.717, 1.165) is 36.9 Å². The first-order valence-corrected chi connectivity index (χ1v) is 7.55. The van der Waals surface area contributed by atoms with Crippen LogP contribution in [0.1, 0.15) is 42.9 Å². The van der Waals surface area contributed by atoms with Crippen molar-refractivity contribution in [2.24, 2.45) is 0 Å². The van der Waals surface area contributed by atoms with Crippen molar-refractivity contribution >= 4 is 5.91 Å². The molecular weight excluding hydrogens is 252 g/mol. The topological polar surface area (TPSA) is 61.4 Å². The molecule has 4 heteroatoms. The molecule has 4 nitrogen and oxygen atoms in total. The Morgan fingerprint density at radius 3 is 3.00 bits per heavy atom. The summed E-state index contributed by atoms with van der Waals surface area (Å²) in [5, 5.41) is 16.5. The number of hydrogen-bond acceptors (Lipinski definition) is 3. The zero-order chi connectivity index (χ0) is 13.9. The van der Waals surface area contributed by atoms with Gasteiger partial charge in [0, 0.05) is 6.42 Å². The van der Waals surface area contributed by atoms with Crippen LogP contribution in [0.4, 0.5) is 0 Å². The SMILES string of the molecule is O=C(N[C@H]1c2ccccc2C[C@H]1O)C1CCCCCN1. The van der Waals surface area contributed by atoms with Gasteiger partial charge in [-0.05, 0) is 30.5 Å². The Balaban J connectivity index is 1.69. The molecule has 1 saturated heterocycles. The Kier molecular flexibility index (Phi) is 4.03. The second-order valence-electron chi connectivity index (χ2n) is 5.81. The second-order valence-corrected chi connectivity index (χ2v) is 5.81. The monoisotopic (exact) mass is 274 g/mol. The second kappa shape index (κ2) is 5.94. The fourth-order valence-corrected chi connectivity index (χ4v) is 3.25. The molecule has 2 aliphatic rings. The molecule has 108 valence electrons. The van der Waals surface area contributed by atoms with Gasteiger partial charge >= 0.3 is 0 Å². The van der Waals surface area contributed by atoms with Crippen LogP contribution < -0.4 is 10.6 Å². The van der Waals surface area contributed by atoms with Crippen molar-refractivity contribution in [1.82, 2.24) is 10.6 Å². The van der Waals surface area contributed by atoms with Crippen LogP contribution in [0.2, 0.25) is 0 Å². The minimum atomic E-state index is -0.512. The van der Waals surface area contributed by atoms with Crippen molar-refractivity contribution in [2.75, 3.05) is 6.54 Å². The number of carbonyl (C=O) groups excluding carboxylic acids is 1. The fourth-order valence-electron chi connectivity index (χ4n) is 3.25. The van der Waals surface area contributed by atoms with E-state index in [1.807, 2.05) is 24.3 Å². The summed E-state index contributed by atoms with van der Waals surface area (Å²) in [6.45, 7) is 0.905. The number of nitrogens with one attached hydrogen (secondary N) is 2. The molecule has 20 heavy (non-hydrogen) atoms. The number of carbonyl (C=O) groups is 1. The highest BCUT2D eigenvalue weighted by atomic mass is 16.3. The quantitative estimate of drug-likeness (QED) is 0.761. The Labute approximate surface area is 119 Å². The zero-order valence-corrected chi connectivity index (χ0v) is 11.6. The van der Waals surface area contributed by atoms with Gasteiger partial charge in [-0.2, -0.15) is 0 Å². The Morgan fingerprint density at radius 2 is 2.10 bits per heavy atom. The lowest BCUT2D eigenvalue weighted by Crippen LogP contribution is -2.46. The van der Waals surface area contributed by atoms with Crippen molar-refractivity contribution in [3.63, 3.8) is 0 Å². The van der Waals surface area contributed by atoms with Gasteiger partial charge in [0.2, 0.25) is 5.91 Å². The van der Waals surface area contributed by atoms with Crippen molar-refractivity contribution in [3.8, 4) is 0 Å². The van der Waals surface area contributed by atoms with Crippen LogP contribution in [0, 0.1) is 0 Å². The number of aliphatic hydroxyl groups is 1. The summed E-state index contributed by atoms with van der Waals surface area (Å²) in [5.74, 6) is 0.0210. The van der Waals surface area contributed by atoms with E-state index in [1.54, 1.807) is 0 Å². The lowest BCUT2D eigenvalue weighted by atomic mass is 10.1. The molecule has 0 bridgehead atoms. The number of benzene rings is 1. The van der Waals surface area contributed by atoms with Crippen LogP contribution in [0.3, 0.4) is 0 Å². The van der Waals surface area contributed by atoms with Crippen molar-refractivity contribution in [2.45, 2.75) is 50.3 Å². The van der Waals surface area contributed by atoms with E-state index < -0.39 is 6.10 Å². The van der Waals surface area contributed by atoms with Crippen molar-refractivity contribution in [3.05, 3.63) is 35.4 Å². The molecule has 1 unspecified atom stereocenters. The minimum Gasteiger partial charge on any atom is -0.390 e. The average Bonchev–Trinajstić information content (AvgIpc) is 2.66. The summed E-state index contributed by atoms with van der Waals surface area (Å²) in [5.41, 5.74) is 2.20. The van der Waals surface area contributed by atoms with E-state index in [-0.39, 0.29) is 18.0 Å². The maximum atomic E-state index is 12.4. The van der Waals surface area contributed by atoms with E-state index >= 15 is 0 Å². The number of hydrogen-bond donors (Lipinski definition) is 3. The molecule has 1 aliphatic carbocycles. The molecule has 1 fully saturated rings. The van der Waals surface area contributed by atoms with Crippen LogP contribution in [0.5, 0.6) is 0 Å². The van der Waals surface area contributed by atoms with Crippen molar-refractivity contribution in [1.29, 1.82) is 0 Å². The number of fused-ring (bicyclic) bond motifs is 1. The zero-order valence-electron chi connectivity index (χ0n) is 11.6. The third kappa shape index (κ3) is 2.72. The molecule has 3 atom stereocenters. The van der Waals surface area contributed by atoms with Crippen LogP contribution >= 0.6 is 0 Å². The van der Waals surface area contributed by atoms with Gasteiger partial charge in [0.25, 0.3) is 0 Å². The van der Waals surface area contributed by atoms with E-state index in [9.17, 15) is 9.90 Å². The Bertz CT molecular complexity index is 481. The molecule has 1 heterocycles. The first kappa shape index (κ1) is 13.6. The molecule has 0 radical (unpaired) electrons. The third-order valence-electron chi connectivity index (χ3n) is 4.38.